The molecule has 0 amide bonds. The number of benzene rings is 2. The largest absolute Gasteiger partial charge is 0.377 e. The molecule has 0 fully saturated rings. The van der Waals surface area contributed by atoms with Gasteiger partial charge in [-0.3, -0.25) is 0 Å². The molecule has 0 saturated heterocycles. The van der Waals surface area contributed by atoms with Gasteiger partial charge in [-0.1, -0.05) is 29.8 Å². The first-order valence-electron chi connectivity index (χ1n) is 5.66. The number of hydrogen-bond donors (Lipinski definition) is 0. The van der Waals surface area contributed by atoms with Gasteiger partial charge < -0.3 is 4.18 Å². The van der Waals surface area contributed by atoms with E-state index in [4.69, 9.17) is 4.18 Å². The van der Waals surface area contributed by atoms with Gasteiger partial charge in [0.1, 0.15) is 4.90 Å². The first kappa shape index (κ1) is 14.1. The summed E-state index contributed by atoms with van der Waals surface area (Å²) in [5.41, 5.74) is 1.75. The van der Waals surface area contributed by atoms with Gasteiger partial charge in [0.25, 0.3) is 0 Å². The third kappa shape index (κ3) is 3.16. The SMILES string of the molecule is Cc1ccc(S(=O)(=O)Oc2c(C)cccc2Br)cc1. The molecule has 19 heavy (non-hydrogen) atoms. The van der Waals surface area contributed by atoms with Gasteiger partial charge in [0.05, 0.1) is 4.47 Å². The van der Waals surface area contributed by atoms with E-state index in [2.05, 4.69) is 15.9 Å². The summed E-state index contributed by atoms with van der Waals surface area (Å²) in [4.78, 5) is 0.147. The van der Waals surface area contributed by atoms with E-state index in [1.807, 2.05) is 13.0 Å². The van der Waals surface area contributed by atoms with Crippen LogP contribution in [0.4, 0.5) is 0 Å². The molecule has 2 aromatic rings. The molecule has 0 aliphatic carbocycles. The highest BCUT2D eigenvalue weighted by Gasteiger charge is 2.19. The second kappa shape index (κ2) is 5.35. The normalized spacial score (nSPS) is 11.3. The van der Waals surface area contributed by atoms with Gasteiger partial charge in [-0.15, -0.1) is 0 Å². The summed E-state index contributed by atoms with van der Waals surface area (Å²) in [5, 5.41) is 0. The highest BCUT2D eigenvalue weighted by molar-refractivity contribution is 9.10. The van der Waals surface area contributed by atoms with Crippen LogP contribution in [-0.4, -0.2) is 8.42 Å². The van der Waals surface area contributed by atoms with E-state index in [1.54, 1.807) is 31.2 Å². The fourth-order valence-corrected chi connectivity index (χ4v) is 3.24. The molecule has 5 heteroatoms. The quantitative estimate of drug-likeness (QED) is 0.797. The van der Waals surface area contributed by atoms with Crippen molar-refractivity contribution in [1.82, 2.24) is 0 Å². The van der Waals surface area contributed by atoms with E-state index >= 15 is 0 Å². The standard InChI is InChI=1S/C14H13BrO3S/c1-10-6-8-12(9-7-10)19(16,17)18-14-11(2)4-3-5-13(14)15/h3-9H,1-2H3. The van der Waals surface area contributed by atoms with Crippen LogP contribution in [0.3, 0.4) is 0 Å². The predicted octanol–water partition coefficient (Wildman–Crippen LogP) is 3.83. The fraction of sp³-hybridized carbons (Fsp3) is 0.143. The van der Waals surface area contributed by atoms with Gasteiger partial charge in [0, 0.05) is 0 Å². The van der Waals surface area contributed by atoms with Gasteiger partial charge in [-0.25, -0.2) is 0 Å². The topological polar surface area (TPSA) is 43.4 Å². The Morgan fingerprint density at radius 2 is 1.63 bits per heavy atom. The molecule has 0 saturated carbocycles. The molecule has 2 aromatic carbocycles. The molecule has 0 aliphatic heterocycles. The number of halogens is 1. The Kier molecular flexibility index (Phi) is 3.96. The summed E-state index contributed by atoms with van der Waals surface area (Å²) in [7, 11) is -3.81. The summed E-state index contributed by atoms with van der Waals surface area (Å²) in [6.07, 6.45) is 0. The van der Waals surface area contributed by atoms with Crippen molar-refractivity contribution in [2.24, 2.45) is 0 Å². The van der Waals surface area contributed by atoms with Crippen molar-refractivity contribution in [2.75, 3.05) is 0 Å². The van der Waals surface area contributed by atoms with E-state index in [0.29, 0.717) is 10.2 Å². The monoisotopic (exact) mass is 340 g/mol. The van der Waals surface area contributed by atoms with Gasteiger partial charge in [-0.05, 0) is 53.5 Å². The van der Waals surface area contributed by atoms with Crippen molar-refractivity contribution < 1.29 is 12.6 Å². The van der Waals surface area contributed by atoms with Crippen LogP contribution in [0.25, 0.3) is 0 Å². The third-order valence-electron chi connectivity index (χ3n) is 2.67. The first-order valence-corrected chi connectivity index (χ1v) is 7.86. The molecular formula is C14H13BrO3S. The van der Waals surface area contributed by atoms with Crippen LogP contribution in [-0.2, 0) is 10.1 Å². The second-order valence-electron chi connectivity index (χ2n) is 4.24. The van der Waals surface area contributed by atoms with E-state index in [1.165, 1.54) is 12.1 Å². The highest BCUT2D eigenvalue weighted by atomic mass is 79.9. The minimum atomic E-state index is -3.81. The van der Waals surface area contributed by atoms with Crippen molar-refractivity contribution in [3.63, 3.8) is 0 Å². The molecule has 0 bridgehead atoms. The van der Waals surface area contributed by atoms with Crippen molar-refractivity contribution in [3.8, 4) is 5.75 Å². The lowest BCUT2D eigenvalue weighted by atomic mass is 10.2. The van der Waals surface area contributed by atoms with E-state index in [9.17, 15) is 8.42 Å². The van der Waals surface area contributed by atoms with Gasteiger partial charge in [-0.2, -0.15) is 8.42 Å². The molecule has 0 unspecified atom stereocenters. The maximum absolute atomic E-state index is 12.2. The van der Waals surface area contributed by atoms with E-state index in [0.717, 1.165) is 11.1 Å². The Morgan fingerprint density at radius 3 is 2.21 bits per heavy atom. The molecule has 2 rings (SSSR count). The lowest BCUT2D eigenvalue weighted by Gasteiger charge is -2.11. The number of hydrogen-bond acceptors (Lipinski definition) is 3. The van der Waals surface area contributed by atoms with Crippen LogP contribution in [0.15, 0.2) is 51.8 Å². The maximum atomic E-state index is 12.2. The summed E-state index contributed by atoms with van der Waals surface area (Å²) in [5.74, 6) is 0.322. The lowest BCUT2D eigenvalue weighted by Crippen LogP contribution is -2.10. The number of rotatable bonds is 3. The number of para-hydroxylation sites is 1. The van der Waals surface area contributed by atoms with Gasteiger partial charge in [0.15, 0.2) is 5.75 Å². The Balaban J connectivity index is 2.39. The van der Waals surface area contributed by atoms with Crippen molar-refractivity contribution in [3.05, 3.63) is 58.1 Å². The van der Waals surface area contributed by atoms with Crippen molar-refractivity contribution in [1.29, 1.82) is 0 Å². The van der Waals surface area contributed by atoms with E-state index < -0.39 is 10.1 Å². The summed E-state index contributed by atoms with van der Waals surface area (Å²) in [6.45, 7) is 3.69. The zero-order valence-corrected chi connectivity index (χ0v) is 13.0. The fourth-order valence-electron chi connectivity index (χ4n) is 1.58. The predicted molar refractivity (Wildman–Crippen MR) is 77.9 cm³/mol. The zero-order valence-electron chi connectivity index (χ0n) is 10.6. The first-order chi connectivity index (χ1) is 8.90. The van der Waals surface area contributed by atoms with Crippen LogP contribution >= 0.6 is 15.9 Å². The summed E-state index contributed by atoms with van der Waals surface area (Å²) in [6, 6.07) is 11.9. The average Bonchev–Trinajstić information content (AvgIpc) is 2.35. The number of aryl methyl sites for hydroxylation is 2. The molecule has 100 valence electrons. The molecule has 0 atom stereocenters. The smallest absolute Gasteiger partial charge is 0.339 e. The maximum Gasteiger partial charge on any atom is 0.339 e. The molecular weight excluding hydrogens is 328 g/mol. The van der Waals surface area contributed by atoms with Crippen molar-refractivity contribution >= 4 is 26.0 Å². The van der Waals surface area contributed by atoms with Crippen LogP contribution in [0, 0.1) is 13.8 Å². The highest BCUT2D eigenvalue weighted by Crippen LogP contribution is 2.31. The Labute approximate surface area is 121 Å². The summed E-state index contributed by atoms with van der Waals surface area (Å²) < 4.78 is 30.2. The lowest BCUT2D eigenvalue weighted by molar-refractivity contribution is 0.482. The molecule has 0 aromatic heterocycles. The molecule has 0 aliphatic rings. The molecule has 3 nitrogen and oxygen atoms in total. The molecule has 0 N–H and O–H groups in total. The Hall–Kier alpha value is -1.33. The van der Waals surface area contributed by atoms with Crippen molar-refractivity contribution in [2.45, 2.75) is 18.7 Å². The van der Waals surface area contributed by atoms with E-state index in [-0.39, 0.29) is 4.90 Å². The zero-order chi connectivity index (χ0) is 14.0. The average molecular weight is 341 g/mol. The van der Waals surface area contributed by atoms with Crippen LogP contribution in [0.1, 0.15) is 11.1 Å². The third-order valence-corrected chi connectivity index (χ3v) is 4.53. The van der Waals surface area contributed by atoms with Gasteiger partial charge in [0.2, 0.25) is 0 Å². The van der Waals surface area contributed by atoms with Crippen LogP contribution in [0.2, 0.25) is 0 Å². The molecule has 0 radical (unpaired) electrons. The second-order valence-corrected chi connectivity index (χ2v) is 6.64. The van der Waals surface area contributed by atoms with Gasteiger partial charge >= 0.3 is 10.1 Å². The molecule has 0 spiro atoms. The van der Waals surface area contributed by atoms with Crippen LogP contribution in [0.5, 0.6) is 5.75 Å². The summed E-state index contributed by atoms with van der Waals surface area (Å²) >= 11 is 3.29. The minimum Gasteiger partial charge on any atom is -0.377 e. The Morgan fingerprint density at radius 1 is 1.00 bits per heavy atom. The molecule has 0 heterocycles. The van der Waals surface area contributed by atoms with Crippen LogP contribution < -0.4 is 4.18 Å². The Bertz CT molecular complexity index is 671. The minimum absolute atomic E-state index is 0.147.